The lowest BCUT2D eigenvalue weighted by Gasteiger charge is -2.47. The molecule has 2 aromatic heterocycles. The van der Waals surface area contributed by atoms with E-state index in [1.54, 1.807) is 19.2 Å². The van der Waals surface area contributed by atoms with Crippen LogP contribution < -0.4 is 5.32 Å². The zero-order chi connectivity index (χ0) is 23.7. The van der Waals surface area contributed by atoms with E-state index in [-0.39, 0.29) is 30.1 Å². The SMILES string of the molecule is [C-]#[N+]c1c(F)ccc([C@@H]2CN3CCN(C(=O)Cc4ccc(-n5cnnn5)cn4)C[C@H]3CN2)c1C. The number of hydrogen-bond donors (Lipinski definition) is 1. The van der Waals surface area contributed by atoms with Gasteiger partial charge in [-0.3, -0.25) is 14.7 Å². The minimum atomic E-state index is -0.475. The largest absolute Gasteiger partial charge is 0.339 e. The molecule has 0 saturated carbocycles. The molecule has 0 bridgehead atoms. The van der Waals surface area contributed by atoms with Gasteiger partial charge in [0.25, 0.3) is 0 Å². The van der Waals surface area contributed by atoms with Crippen molar-refractivity contribution in [3.8, 4) is 5.69 Å². The van der Waals surface area contributed by atoms with Crippen molar-refractivity contribution in [3.05, 3.63) is 70.8 Å². The molecule has 0 unspecified atom stereocenters. The van der Waals surface area contributed by atoms with Crippen LogP contribution in [0.4, 0.5) is 10.1 Å². The Labute approximate surface area is 196 Å². The Balaban J connectivity index is 1.19. The van der Waals surface area contributed by atoms with Crippen LogP contribution in [0.1, 0.15) is 22.9 Å². The number of carbonyl (C=O) groups is 1. The predicted molar refractivity (Wildman–Crippen MR) is 121 cm³/mol. The highest BCUT2D eigenvalue weighted by Gasteiger charge is 2.35. The Morgan fingerprint density at radius 1 is 1.26 bits per heavy atom. The van der Waals surface area contributed by atoms with E-state index in [4.69, 9.17) is 6.57 Å². The number of hydrogen-bond acceptors (Lipinski definition) is 7. The first-order valence-corrected chi connectivity index (χ1v) is 11.1. The molecule has 2 saturated heterocycles. The van der Waals surface area contributed by atoms with Gasteiger partial charge in [0.1, 0.15) is 12.1 Å². The maximum atomic E-state index is 13.9. The first kappa shape index (κ1) is 22.1. The van der Waals surface area contributed by atoms with Gasteiger partial charge in [0.2, 0.25) is 11.6 Å². The van der Waals surface area contributed by atoms with E-state index in [1.165, 1.54) is 17.1 Å². The fourth-order valence-corrected chi connectivity index (χ4v) is 4.74. The lowest BCUT2D eigenvalue weighted by atomic mass is 9.95. The number of piperazine rings is 2. The van der Waals surface area contributed by atoms with Crippen LogP contribution >= 0.6 is 0 Å². The molecule has 11 heteroatoms. The van der Waals surface area contributed by atoms with E-state index in [0.717, 1.165) is 30.9 Å². The smallest absolute Gasteiger partial charge is 0.228 e. The molecule has 1 N–H and O–H groups in total. The summed E-state index contributed by atoms with van der Waals surface area (Å²) in [7, 11) is 0. The van der Waals surface area contributed by atoms with Crippen LogP contribution in [0.5, 0.6) is 0 Å². The van der Waals surface area contributed by atoms with Crippen molar-refractivity contribution in [1.82, 2.24) is 40.3 Å². The Bertz CT molecular complexity index is 1220. The molecule has 5 rings (SSSR count). The van der Waals surface area contributed by atoms with Crippen molar-refractivity contribution in [1.29, 1.82) is 0 Å². The molecule has 0 radical (unpaired) electrons. The number of fused-ring (bicyclic) bond motifs is 1. The molecular weight excluding hydrogens is 437 g/mol. The summed E-state index contributed by atoms with van der Waals surface area (Å²) in [6.07, 6.45) is 3.39. The number of rotatable bonds is 4. The van der Waals surface area contributed by atoms with E-state index in [1.807, 2.05) is 17.0 Å². The maximum absolute atomic E-state index is 13.9. The first-order valence-electron chi connectivity index (χ1n) is 11.1. The van der Waals surface area contributed by atoms with Gasteiger partial charge in [-0.05, 0) is 46.7 Å². The average molecular weight is 462 g/mol. The topological polar surface area (TPSA) is 96.4 Å². The molecule has 2 aliphatic rings. The molecule has 0 spiro atoms. The summed E-state index contributed by atoms with van der Waals surface area (Å²) in [6, 6.07) is 7.05. The van der Waals surface area contributed by atoms with Crippen molar-refractivity contribution < 1.29 is 9.18 Å². The van der Waals surface area contributed by atoms with Gasteiger partial charge in [0.15, 0.2) is 0 Å². The monoisotopic (exact) mass is 461 g/mol. The van der Waals surface area contributed by atoms with E-state index in [0.29, 0.717) is 24.3 Å². The van der Waals surface area contributed by atoms with E-state index < -0.39 is 5.82 Å². The number of tetrazole rings is 1. The van der Waals surface area contributed by atoms with Gasteiger partial charge in [-0.2, -0.15) is 4.68 Å². The molecule has 4 heterocycles. The van der Waals surface area contributed by atoms with Crippen LogP contribution in [-0.4, -0.2) is 79.7 Å². The Kier molecular flexibility index (Phi) is 6.00. The highest BCUT2D eigenvalue weighted by atomic mass is 19.1. The van der Waals surface area contributed by atoms with E-state index in [2.05, 4.69) is 35.6 Å². The second kappa shape index (κ2) is 9.24. The molecule has 3 aromatic rings. The molecule has 2 fully saturated rings. The van der Waals surface area contributed by atoms with Gasteiger partial charge in [-0.1, -0.05) is 6.07 Å². The Morgan fingerprint density at radius 2 is 2.15 bits per heavy atom. The normalized spacial score (nSPS) is 20.6. The summed E-state index contributed by atoms with van der Waals surface area (Å²) < 4.78 is 15.4. The summed E-state index contributed by atoms with van der Waals surface area (Å²) in [5, 5.41) is 14.6. The molecule has 1 amide bonds. The molecular formula is C23H24FN9O. The summed E-state index contributed by atoms with van der Waals surface area (Å²) in [6.45, 7) is 12.6. The Hall–Kier alpha value is -3.75. The molecule has 10 nitrogen and oxygen atoms in total. The third kappa shape index (κ3) is 4.25. The van der Waals surface area contributed by atoms with Gasteiger partial charge in [0.05, 0.1) is 24.9 Å². The van der Waals surface area contributed by atoms with Gasteiger partial charge in [0, 0.05) is 50.5 Å². The van der Waals surface area contributed by atoms with Crippen LogP contribution in [0.15, 0.2) is 36.8 Å². The van der Waals surface area contributed by atoms with E-state index >= 15 is 0 Å². The number of benzene rings is 1. The molecule has 1 aromatic carbocycles. The zero-order valence-corrected chi connectivity index (χ0v) is 18.7. The lowest BCUT2D eigenvalue weighted by molar-refractivity contribution is -0.134. The highest BCUT2D eigenvalue weighted by molar-refractivity contribution is 5.78. The van der Waals surface area contributed by atoms with Crippen LogP contribution in [0.3, 0.4) is 0 Å². The fraction of sp³-hybridized carbons (Fsp3) is 0.391. The third-order valence-corrected chi connectivity index (χ3v) is 6.64. The van der Waals surface area contributed by atoms with Crippen molar-refractivity contribution >= 4 is 11.6 Å². The number of aromatic nitrogens is 5. The van der Waals surface area contributed by atoms with Gasteiger partial charge in [-0.25, -0.2) is 9.24 Å². The van der Waals surface area contributed by atoms with Crippen LogP contribution in [0.2, 0.25) is 0 Å². The number of nitrogens with zero attached hydrogens (tertiary/aromatic N) is 8. The van der Waals surface area contributed by atoms with Crippen molar-refractivity contribution in [2.75, 3.05) is 32.7 Å². The average Bonchev–Trinajstić information content (AvgIpc) is 3.39. The van der Waals surface area contributed by atoms with E-state index in [9.17, 15) is 9.18 Å². The van der Waals surface area contributed by atoms with Crippen molar-refractivity contribution in [3.63, 3.8) is 0 Å². The van der Waals surface area contributed by atoms with Gasteiger partial charge >= 0.3 is 0 Å². The first-order chi connectivity index (χ1) is 16.5. The number of nitrogens with one attached hydrogen (secondary N) is 1. The molecule has 34 heavy (non-hydrogen) atoms. The maximum Gasteiger partial charge on any atom is 0.228 e. The van der Waals surface area contributed by atoms with Crippen molar-refractivity contribution in [2.45, 2.75) is 25.4 Å². The standard InChI is InChI=1S/C23H24FN9O/c1-15-19(5-6-20(24)23(15)25-2)21-13-31-7-8-32(12-18(31)11-27-21)22(34)9-16-3-4-17(10-26-16)33-14-28-29-30-33/h3-6,10,14,18,21,27H,7-9,11-13H2,1H3/t18-,21+/m1/s1. The zero-order valence-electron chi connectivity index (χ0n) is 18.7. The second-order valence-corrected chi connectivity index (χ2v) is 8.61. The summed E-state index contributed by atoms with van der Waals surface area (Å²) >= 11 is 0. The number of pyridine rings is 1. The van der Waals surface area contributed by atoms with Crippen LogP contribution in [0, 0.1) is 19.3 Å². The van der Waals surface area contributed by atoms with Gasteiger partial charge in [-0.15, -0.1) is 5.10 Å². The fourth-order valence-electron chi connectivity index (χ4n) is 4.74. The second-order valence-electron chi connectivity index (χ2n) is 8.61. The summed E-state index contributed by atoms with van der Waals surface area (Å²) in [4.78, 5) is 25.0. The Morgan fingerprint density at radius 3 is 2.88 bits per heavy atom. The highest BCUT2D eigenvalue weighted by Crippen LogP contribution is 2.32. The summed E-state index contributed by atoms with van der Waals surface area (Å²) in [5.74, 6) is -0.419. The molecule has 2 atom stereocenters. The number of carbonyl (C=O) groups excluding carboxylic acids is 1. The summed E-state index contributed by atoms with van der Waals surface area (Å²) in [5.41, 5.74) is 3.18. The molecule has 0 aliphatic carbocycles. The van der Waals surface area contributed by atoms with Gasteiger partial charge < -0.3 is 10.2 Å². The predicted octanol–water partition coefficient (Wildman–Crippen LogP) is 1.46. The van der Waals surface area contributed by atoms with Crippen molar-refractivity contribution in [2.24, 2.45) is 0 Å². The quantitative estimate of drug-likeness (QED) is 0.588. The lowest BCUT2D eigenvalue weighted by Crippen LogP contribution is -2.62. The third-order valence-electron chi connectivity index (χ3n) is 6.64. The van der Waals surface area contributed by atoms with Crippen LogP contribution in [-0.2, 0) is 11.2 Å². The molecule has 2 aliphatic heterocycles. The minimum absolute atomic E-state index is 0.0301. The molecule has 174 valence electrons. The number of amides is 1. The number of halogens is 1. The van der Waals surface area contributed by atoms with Crippen LogP contribution in [0.25, 0.3) is 10.5 Å². The minimum Gasteiger partial charge on any atom is -0.339 e.